The van der Waals surface area contributed by atoms with Crippen LogP contribution < -0.4 is 15.6 Å². The van der Waals surface area contributed by atoms with E-state index in [1.54, 1.807) is 13.2 Å². The molecule has 28 heavy (non-hydrogen) atoms. The Kier molecular flexibility index (Phi) is 6.20. The number of nitrogens with zero attached hydrogens (tertiary/aromatic N) is 3. The fourth-order valence-electron chi connectivity index (χ4n) is 2.78. The molecular weight excluding hydrogens is 376 g/mol. The van der Waals surface area contributed by atoms with Gasteiger partial charge in [-0.15, -0.1) is 11.3 Å². The van der Waals surface area contributed by atoms with Crippen molar-refractivity contribution in [2.75, 3.05) is 13.7 Å². The molecule has 0 unspecified atom stereocenters. The van der Waals surface area contributed by atoms with Gasteiger partial charge in [0, 0.05) is 24.7 Å². The van der Waals surface area contributed by atoms with Gasteiger partial charge < -0.3 is 10.1 Å². The maximum absolute atomic E-state index is 12.2. The minimum atomic E-state index is -0.169. The van der Waals surface area contributed by atoms with Gasteiger partial charge in [0.1, 0.15) is 10.6 Å². The minimum Gasteiger partial charge on any atom is -0.497 e. The van der Waals surface area contributed by atoms with Gasteiger partial charge in [-0.05, 0) is 50.6 Å². The molecule has 0 bridgehead atoms. The highest BCUT2D eigenvalue weighted by Crippen LogP contribution is 2.19. The fourth-order valence-corrected chi connectivity index (χ4v) is 3.61. The predicted octanol–water partition coefficient (Wildman–Crippen LogP) is 2.81. The number of hydrogen-bond acceptors (Lipinski definition) is 6. The first kappa shape index (κ1) is 19.8. The molecule has 3 rings (SSSR count). The van der Waals surface area contributed by atoms with Crippen molar-refractivity contribution in [1.29, 1.82) is 0 Å². The number of aromatic nitrogens is 3. The number of rotatable bonds is 7. The molecule has 8 heteroatoms. The van der Waals surface area contributed by atoms with Gasteiger partial charge in [0.15, 0.2) is 0 Å². The molecule has 0 radical (unpaired) electrons. The number of carbonyl (C=O) groups excluding carboxylic acids is 1. The maximum Gasteiger partial charge on any atom is 0.266 e. The van der Waals surface area contributed by atoms with Crippen LogP contribution in [0.4, 0.5) is 0 Å². The van der Waals surface area contributed by atoms with Crippen molar-refractivity contribution >= 4 is 17.2 Å². The molecule has 0 aliphatic heterocycles. The Morgan fingerprint density at radius 2 is 1.93 bits per heavy atom. The van der Waals surface area contributed by atoms with Crippen LogP contribution in [0.15, 0.2) is 41.2 Å². The molecule has 7 nitrogen and oxygen atoms in total. The van der Waals surface area contributed by atoms with E-state index in [-0.39, 0.29) is 11.5 Å². The van der Waals surface area contributed by atoms with Gasteiger partial charge in [0.25, 0.3) is 11.5 Å². The van der Waals surface area contributed by atoms with Crippen LogP contribution in [0.25, 0.3) is 11.3 Å². The molecule has 2 aromatic heterocycles. The summed E-state index contributed by atoms with van der Waals surface area (Å²) in [4.78, 5) is 29.2. The van der Waals surface area contributed by atoms with Crippen molar-refractivity contribution in [2.45, 2.75) is 26.8 Å². The number of thiazole rings is 1. The Morgan fingerprint density at radius 1 is 1.18 bits per heavy atom. The Labute approximate surface area is 167 Å². The van der Waals surface area contributed by atoms with Gasteiger partial charge in [-0.25, -0.2) is 9.67 Å². The van der Waals surface area contributed by atoms with Gasteiger partial charge in [-0.1, -0.05) is 0 Å². The lowest BCUT2D eigenvalue weighted by molar-refractivity contribution is 0.0956. The highest BCUT2D eigenvalue weighted by atomic mass is 32.1. The third-order valence-electron chi connectivity index (χ3n) is 4.19. The van der Waals surface area contributed by atoms with Gasteiger partial charge in [-0.3, -0.25) is 9.59 Å². The molecule has 0 aliphatic rings. The van der Waals surface area contributed by atoms with Gasteiger partial charge in [0.2, 0.25) is 0 Å². The number of methoxy groups -OCH3 is 1. The summed E-state index contributed by atoms with van der Waals surface area (Å²) in [6.07, 6.45) is 0.599. The summed E-state index contributed by atoms with van der Waals surface area (Å²) in [6.45, 7) is 4.58. The molecule has 0 saturated carbocycles. The van der Waals surface area contributed by atoms with E-state index in [2.05, 4.69) is 15.4 Å². The minimum absolute atomic E-state index is 0.129. The van der Waals surface area contributed by atoms with E-state index >= 15 is 0 Å². The molecule has 1 aromatic carbocycles. The molecule has 0 atom stereocenters. The van der Waals surface area contributed by atoms with E-state index in [9.17, 15) is 9.59 Å². The van der Waals surface area contributed by atoms with E-state index in [1.807, 2.05) is 38.1 Å². The molecule has 1 N–H and O–H groups in total. The number of amides is 1. The normalized spacial score (nSPS) is 10.7. The van der Waals surface area contributed by atoms with Crippen LogP contribution in [0, 0.1) is 13.8 Å². The monoisotopic (exact) mass is 398 g/mol. The van der Waals surface area contributed by atoms with Gasteiger partial charge in [-0.2, -0.15) is 5.10 Å². The summed E-state index contributed by atoms with van der Waals surface area (Å²) in [5.41, 5.74) is 2.18. The zero-order valence-electron chi connectivity index (χ0n) is 16.1. The van der Waals surface area contributed by atoms with Crippen LogP contribution in [0.2, 0.25) is 0 Å². The summed E-state index contributed by atoms with van der Waals surface area (Å²) in [5, 5.41) is 8.18. The average Bonchev–Trinajstić information content (AvgIpc) is 3.04. The van der Waals surface area contributed by atoms with Gasteiger partial charge in [0.05, 0.1) is 23.5 Å². The van der Waals surface area contributed by atoms with Crippen LogP contribution in [-0.2, 0) is 6.54 Å². The number of nitrogens with one attached hydrogen (secondary N) is 1. The van der Waals surface area contributed by atoms with Gasteiger partial charge >= 0.3 is 0 Å². The lowest BCUT2D eigenvalue weighted by atomic mass is 10.1. The highest BCUT2D eigenvalue weighted by Gasteiger charge is 2.13. The molecule has 0 saturated heterocycles. The second-order valence-corrected chi connectivity index (χ2v) is 7.47. The van der Waals surface area contributed by atoms with E-state index in [4.69, 9.17) is 4.74 Å². The first-order valence-corrected chi connectivity index (χ1v) is 9.74. The Morgan fingerprint density at radius 3 is 2.57 bits per heavy atom. The average molecular weight is 398 g/mol. The van der Waals surface area contributed by atoms with Crippen molar-refractivity contribution in [1.82, 2.24) is 20.1 Å². The van der Waals surface area contributed by atoms with Crippen molar-refractivity contribution < 1.29 is 9.53 Å². The van der Waals surface area contributed by atoms with Crippen molar-refractivity contribution in [3.63, 3.8) is 0 Å². The number of aryl methyl sites for hydroxylation is 3. The Bertz CT molecular complexity index is 1020. The number of carbonyl (C=O) groups is 1. The summed E-state index contributed by atoms with van der Waals surface area (Å²) >= 11 is 1.38. The van der Waals surface area contributed by atoms with E-state index < -0.39 is 0 Å². The second kappa shape index (κ2) is 8.79. The summed E-state index contributed by atoms with van der Waals surface area (Å²) in [6, 6.07) is 10.7. The highest BCUT2D eigenvalue weighted by molar-refractivity contribution is 7.13. The van der Waals surface area contributed by atoms with Crippen LogP contribution in [0.3, 0.4) is 0 Å². The third kappa shape index (κ3) is 4.64. The molecule has 146 valence electrons. The van der Waals surface area contributed by atoms with Crippen molar-refractivity contribution in [3.8, 4) is 17.0 Å². The molecular formula is C20H22N4O3S. The Balaban J connectivity index is 1.60. The van der Waals surface area contributed by atoms with E-state index in [0.717, 1.165) is 22.0 Å². The molecule has 2 heterocycles. The van der Waals surface area contributed by atoms with Crippen LogP contribution in [0.1, 0.15) is 26.8 Å². The largest absolute Gasteiger partial charge is 0.497 e. The first-order valence-electron chi connectivity index (χ1n) is 8.93. The van der Waals surface area contributed by atoms with E-state index in [0.29, 0.717) is 30.1 Å². The van der Waals surface area contributed by atoms with Crippen molar-refractivity contribution in [2.24, 2.45) is 0 Å². The third-order valence-corrected chi connectivity index (χ3v) is 5.27. The fraction of sp³-hybridized carbons (Fsp3) is 0.300. The summed E-state index contributed by atoms with van der Waals surface area (Å²) < 4.78 is 6.58. The van der Waals surface area contributed by atoms with Crippen LogP contribution in [0.5, 0.6) is 5.75 Å². The molecule has 3 aromatic rings. The number of benzene rings is 1. The SMILES string of the molecule is COc1ccc(-c2ccc(=O)n(CCCNC(=O)c3sc(C)nc3C)n2)cc1. The smallest absolute Gasteiger partial charge is 0.266 e. The predicted molar refractivity (Wildman–Crippen MR) is 109 cm³/mol. The number of hydrogen-bond donors (Lipinski definition) is 1. The lowest BCUT2D eigenvalue weighted by Gasteiger charge is -2.08. The molecule has 0 aliphatic carbocycles. The quantitative estimate of drug-likeness (QED) is 0.619. The summed E-state index contributed by atoms with van der Waals surface area (Å²) in [7, 11) is 1.61. The van der Waals surface area contributed by atoms with Crippen molar-refractivity contribution in [3.05, 3.63) is 62.3 Å². The maximum atomic E-state index is 12.2. The molecule has 0 spiro atoms. The molecule has 0 fully saturated rings. The zero-order valence-corrected chi connectivity index (χ0v) is 16.9. The zero-order chi connectivity index (χ0) is 20.1. The molecule has 1 amide bonds. The second-order valence-electron chi connectivity index (χ2n) is 6.27. The van der Waals surface area contributed by atoms with E-state index in [1.165, 1.54) is 22.1 Å². The van der Waals surface area contributed by atoms with Crippen LogP contribution >= 0.6 is 11.3 Å². The standard InChI is InChI=1S/C20H22N4O3S/c1-13-19(28-14(2)22-13)20(26)21-11-4-12-24-18(25)10-9-17(23-24)15-5-7-16(27-3)8-6-15/h5-10H,4,11-12H2,1-3H3,(H,21,26). The first-order chi connectivity index (χ1) is 13.5. The lowest BCUT2D eigenvalue weighted by Crippen LogP contribution is -2.28. The number of ether oxygens (including phenoxy) is 1. The summed E-state index contributed by atoms with van der Waals surface area (Å²) in [5.74, 6) is 0.634. The Hall–Kier alpha value is -3.00. The topological polar surface area (TPSA) is 86.1 Å². The van der Waals surface area contributed by atoms with Crippen LogP contribution in [-0.4, -0.2) is 34.3 Å².